The summed E-state index contributed by atoms with van der Waals surface area (Å²) in [7, 11) is 0. The summed E-state index contributed by atoms with van der Waals surface area (Å²) in [4.78, 5) is 8.20. The van der Waals surface area contributed by atoms with Crippen molar-refractivity contribution in [1.82, 2.24) is 14.5 Å². The van der Waals surface area contributed by atoms with Crippen molar-refractivity contribution in [3.8, 4) is 16.9 Å². The molecule has 1 aromatic carbocycles. The fourth-order valence-electron chi connectivity index (χ4n) is 2.06. The number of anilines is 1. The number of rotatable bonds is 2. The van der Waals surface area contributed by atoms with Crippen molar-refractivity contribution in [2.75, 3.05) is 5.73 Å². The third-order valence-corrected chi connectivity index (χ3v) is 3.88. The molecule has 0 fully saturated rings. The van der Waals surface area contributed by atoms with Crippen LogP contribution in [0.2, 0.25) is 5.02 Å². The molecule has 3 aromatic rings. The van der Waals surface area contributed by atoms with Gasteiger partial charge in [0.15, 0.2) is 0 Å². The van der Waals surface area contributed by atoms with Crippen LogP contribution in [0, 0.1) is 5.82 Å². The quantitative estimate of drug-likeness (QED) is 0.743. The maximum Gasteiger partial charge on any atom is 0.125 e. The molecule has 2 heterocycles. The second kappa shape index (κ2) is 5.46. The fourth-order valence-corrected chi connectivity index (χ4v) is 3.09. The van der Waals surface area contributed by atoms with E-state index in [4.69, 9.17) is 17.3 Å². The molecule has 0 aliphatic carbocycles. The SMILES string of the molecule is Nc1ccncc1-c1cncn1-c1c(Cl)cc(F)cc1Br. The Morgan fingerprint density at radius 3 is 2.76 bits per heavy atom. The first-order chi connectivity index (χ1) is 10.1. The minimum absolute atomic E-state index is 0.267. The molecule has 0 aliphatic heterocycles. The van der Waals surface area contributed by atoms with Gasteiger partial charge in [0.05, 0.1) is 28.9 Å². The number of hydrogen-bond donors (Lipinski definition) is 1. The van der Waals surface area contributed by atoms with Crippen LogP contribution in [0.1, 0.15) is 0 Å². The zero-order chi connectivity index (χ0) is 15.0. The molecule has 2 N–H and O–H groups in total. The van der Waals surface area contributed by atoms with E-state index in [1.807, 2.05) is 0 Å². The van der Waals surface area contributed by atoms with E-state index < -0.39 is 5.82 Å². The van der Waals surface area contributed by atoms with E-state index in [0.29, 0.717) is 15.8 Å². The van der Waals surface area contributed by atoms with Gasteiger partial charge in [-0.2, -0.15) is 0 Å². The normalized spacial score (nSPS) is 10.8. The van der Waals surface area contributed by atoms with Crippen LogP contribution in [0.3, 0.4) is 0 Å². The maximum atomic E-state index is 13.4. The van der Waals surface area contributed by atoms with Gasteiger partial charge in [0.1, 0.15) is 5.82 Å². The number of imidazole rings is 1. The van der Waals surface area contributed by atoms with E-state index >= 15 is 0 Å². The standard InChI is InChI=1S/C14H9BrClFN4/c15-10-3-8(17)4-11(16)14(10)21-7-20-6-13(21)9-5-19-2-1-12(9)18/h1-7H,(H2,18,19). The number of benzene rings is 1. The van der Waals surface area contributed by atoms with Gasteiger partial charge in [-0.05, 0) is 34.1 Å². The van der Waals surface area contributed by atoms with Crippen LogP contribution in [0.25, 0.3) is 16.9 Å². The molecule has 0 amide bonds. The summed E-state index contributed by atoms with van der Waals surface area (Å²) >= 11 is 9.48. The highest BCUT2D eigenvalue weighted by atomic mass is 79.9. The van der Waals surface area contributed by atoms with Gasteiger partial charge in [0.25, 0.3) is 0 Å². The van der Waals surface area contributed by atoms with Crippen LogP contribution in [0.5, 0.6) is 0 Å². The van der Waals surface area contributed by atoms with Crippen molar-refractivity contribution in [2.45, 2.75) is 0 Å². The van der Waals surface area contributed by atoms with Gasteiger partial charge in [-0.25, -0.2) is 9.37 Å². The lowest BCUT2D eigenvalue weighted by Gasteiger charge is -2.13. The lowest BCUT2D eigenvalue weighted by Crippen LogP contribution is -2.00. The van der Waals surface area contributed by atoms with Crippen molar-refractivity contribution in [3.63, 3.8) is 0 Å². The van der Waals surface area contributed by atoms with Gasteiger partial charge < -0.3 is 5.73 Å². The molecule has 0 saturated heterocycles. The first-order valence-corrected chi connectivity index (χ1v) is 7.12. The molecular weight excluding hydrogens is 359 g/mol. The van der Waals surface area contributed by atoms with Gasteiger partial charge in [-0.1, -0.05) is 11.6 Å². The Kier molecular flexibility index (Phi) is 3.65. The molecule has 0 spiro atoms. The van der Waals surface area contributed by atoms with E-state index in [-0.39, 0.29) is 5.02 Å². The molecule has 0 aliphatic rings. The van der Waals surface area contributed by atoms with E-state index in [9.17, 15) is 4.39 Å². The molecule has 106 valence electrons. The monoisotopic (exact) mass is 366 g/mol. The van der Waals surface area contributed by atoms with Crippen LogP contribution in [-0.4, -0.2) is 14.5 Å². The van der Waals surface area contributed by atoms with Crippen molar-refractivity contribution in [3.05, 3.63) is 58.4 Å². The molecule has 0 atom stereocenters. The zero-order valence-corrected chi connectivity index (χ0v) is 12.9. The van der Waals surface area contributed by atoms with E-state index in [1.165, 1.54) is 12.1 Å². The minimum Gasteiger partial charge on any atom is -0.398 e. The van der Waals surface area contributed by atoms with Gasteiger partial charge in [-0.15, -0.1) is 0 Å². The second-order valence-electron chi connectivity index (χ2n) is 4.33. The van der Waals surface area contributed by atoms with Crippen LogP contribution >= 0.6 is 27.5 Å². The average molecular weight is 368 g/mol. The zero-order valence-electron chi connectivity index (χ0n) is 10.6. The van der Waals surface area contributed by atoms with Crippen molar-refractivity contribution in [2.24, 2.45) is 0 Å². The number of nitrogens with two attached hydrogens (primary N) is 1. The third kappa shape index (κ3) is 2.52. The van der Waals surface area contributed by atoms with Crippen LogP contribution in [-0.2, 0) is 0 Å². The lowest BCUT2D eigenvalue weighted by molar-refractivity contribution is 0.626. The van der Waals surface area contributed by atoms with Gasteiger partial charge >= 0.3 is 0 Å². The van der Waals surface area contributed by atoms with Gasteiger partial charge in [0.2, 0.25) is 0 Å². The summed E-state index contributed by atoms with van der Waals surface area (Å²) < 4.78 is 15.6. The number of hydrogen-bond acceptors (Lipinski definition) is 3. The minimum atomic E-state index is -0.418. The van der Waals surface area contributed by atoms with E-state index in [1.54, 1.807) is 35.6 Å². The van der Waals surface area contributed by atoms with Crippen LogP contribution in [0.4, 0.5) is 10.1 Å². The Labute approximate surface area is 133 Å². The van der Waals surface area contributed by atoms with Gasteiger partial charge in [-0.3, -0.25) is 9.55 Å². The highest BCUT2D eigenvalue weighted by Gasteiger charge is 2.15. The summed E-state index contributed by atoms with van der Waals surface area (Å²) in [6.07, 6.45) is 6.50. The smallest absolute Gasteiger partial charge is 0.125 e. The van der Waals surface area contributed by atoms with Gasteiger partial charge in [0, 0.05) is 28.1 Å². The summed E-state index contributed by atoms with van der Waals surface area (Å²) in [5, 5.41) is 0.267. The predicted octanol–water partition coefficient (Wildman–Crippen LogP) is 4.07. The molecule has 7 heteroatoms. The highest BCUT2D eigenvalue weighted by molar-refractivity contribution is 9.10. The molecule has 0 bridgehead atoms. The van der Waals surface area contributed by atoms with Crippen molar-refractivity contribution in [1.29, 1.82) is 0 Å². The number of pyridine rings is 1. The Balaban J connectivity index is 2.24. The predicted molar refractivity (Wildman–Crippen MR) is 83.9 cm³/mol. The number of halogens is 3. The average Bonchev–Trinajstić information content (AvgIpc) is 2.87. The highest BCUT2D eigenvalue weighted by Crippen LogP contribution is 2.34. The van der Waals surface area contributed by atoms with Crippen molar-refractivity contribution >= 4 is 33.2 Å². The first kappa shape index (κ1) is 14.0. The van der Waals surface area contributed by atoms with Crippen molar-refractivity contribution < 1.29 is 4.39 Å². The Hall–Kier alpha value is -1.92. The topological polar surface area (TPSA) is 56.7 Å². The molecule has 2 aromatic heterocycles. The summed E-state index contributed by atoms with van der Waals surface area (Å²) in [5.74, 6) is -0.418. The lowest BCUT2D eigenvalue weighted by atomic mass is 10.2. The Morgan fingerprint density at radius 1 is 1.24 bits per heavy atom. The summed E-state index contributed by atoms with van der Waals surface area (Å²) in [6.45, 7) is 0. The summed E-state index contributed by atoms with van der Waals surface area (Å²) in [5.41, 5.74) is 8.58. The second-order valence-corrected chi connectivity index (χ2v) is 5.59. The third-order valence-electron chi connectivity index (χ3n) is 2.99. The Morgan fingerprint density at radius 2 is 2.05 bits per heavy atom. The number of nitrogens with zero attached hydrogens (tertiary/aromatic N) is 3. The summed E-state index contributed by atoms with van der Waals surface area (Å²) in [6, 6.07) is 4.30. The van der Waals surface area contributed by atoms with E-state index in [0.717, 1.165) is 11.3 Å². The first-order valence-electron chi connectivity index (χ1n) is 5.95. The molecule has 0 saturated carbocycles. The molecule has 4 nitrogen and oxygen atoms in total. The van der Waals surface area contributed by atoms with Crippen LogP contribution < -0.4 is 5.73 Å². The largest absolute Gasteiger partial charge is 0.398 e. The molecule has 21 heavy (non-hydrogen) atoms. The molecule has 0 radical (unpaired) electrons. The molecule has 0 unspecified atom stereocenters. The molecular formula is C14H9BrClFN4. The van der Waals surface area contributed by atoms with Crippen LogP contribution in [0.15, 0.2) is 47.6 Å². The van der Waals surface area contributed by atoms with E-state index in [2.05, 4.69) is 25.9 Å². The number of nitrogen functional groups attached to an aromatic ring is 1. The maximum absolute atomic E-state index is 13.4. The number of aromatic nitrogens is 3. The Bertz CT molecular complexity index is 795. The fraction of sp³-hybridized carbons (Fsp3) is 0. The molecule has 3 rings (SSSR count).